The first kappa shape index (κ1) is 9.37. The summed E-state index contributed by atoms with van der Waals surface area (Å²) in [4.78, 5) is 10.8. The van der Waals surface area contributed by atoms with Crippen molar-refractivity contribution in [3.8, 4) is 0 Å². The zero-order chi connectivity index (χ0) is 7.98. The van der Waals surface area contributed by atoms with Crippen molar-refractivity contribution in [2.45, 2.75) is 25.8 Å². The van der Waals surface area contributed by atoms with Gasteiger partial charge in [0.25, 0.3) is 0 Å². The van der Waals surface area contributed by atoms with Crippen molar-refractivity contribution in [2.24, 2.45) is 0 Å². The van der Waals surface area contributed by atoms with Gasteiger partial charge in [-0.05, 0) is 26.8 Å². The normalized spacial score (nSPS) is 12.6. The molecule has 10 heavy (non-hydrogen) atoms. The lowest BCUT2D eigenvalue weighted by molar-refractivity contribution is -0.118. The van der Waals surface area contributed by atoms with E-state index in [0.717, 1.165) is 12.8 Å². The Morgan fingerprint density at radius 1 is 1.80 bits per heavy atom. The number of rotatable bonds is 5. The SMILES string of the molecule is C=CCCC(NC)C(C)=O. The molecule has 0 spiro atoms. The molecule has 1 N–H and O–H groups in total. The zero-order valence-electron chi connectivity index (χ0n) is 6.68. The second kappa shape index (κ2) is 5.18. The predicted octanol–water partition coefficient (Wildman–Crippen LogP) is 1.13. The van der Waals surface area contributed by atoms with Gasteiger partial charge in [-0.1, -0.05) is 6.08 Å². The summed E-state index contributed by atoms with van der Waals surface area (Å²) in [5.41, 5.74) is 0. The molecule has 0 saturated heterocycles. The van der Waals surface area contributed by atoms with Crippen LogP contribution >= 0.6 is 0 Å². The number of ketones is 1. The average Bonchev–Trinajstić information content (AvgIpc) is 1.89. The number of carbonyl (C=O) groups is 1. The van der Waals surface area contributed by atoms with Crippen LogP contribution in [0.3, 0.4) is 0 Å². The molecule has 0 aromatic heterocycles. The Kier molecular flexibility index (Phi) is 4.85. The van der Waals surface area contributed by atoms with Gasteiger partial charge in [-0.3, -0.25) is 4.79 Å². The van der Waals surface area contributed by atoms with E-state index in [9.17, 15) is 4.79 Å². The lowest BCUT2D eigenvalue weighted by atomic mass is 10.1. The molecule has 0 amide bonds. The minimum atomic E-state index is 0.0120. The highest BCUT2D eigenvalue weighted by atomic mass is 16.1. The molecule has 58 valence electrons. The summed E-state index contributed by atoms with van der Waals surface area (Å²) in [5.74, 6) is 0.198. The summed E-state index contributed by atoms with van der Waals surface area (Å²) in [7, 11) is 1.80. The maximum atomic E-state index is 10.8. The molecule has 1 atom stereocenters. The molecular formula is C8H15NO. The number of hydrogen-bond donors (Lipinski definition) is 1. The molecule has 0 aliphatic carbocycles. The third-order valence-corrected chi connectivity index (χ3v) is 1.50. The van der Waals surface area contributed by atoms with E-state index in [1.807, 2.05) is 6.08 Å². The van der Waals surface area contributed by atoms with Gasteiger partial charge in [0.15, 0.2) is 0 Å². The third-order valence-electron chi connectivity index (χ3n) is 1.50. The Bertz CT molecular complexity index is 120. The highest BCUT2D eigenvalue weighted by Gasteiger charge is 2.08. The maximum Gasteiger partial charge on any atom is 0.146 e. The van der Waals surface area contributed by atoms with Crippen molar-refractivity contribution in [2.75, 3.05) is 7.05 Å². The fraction of sp³-hybridized carbons (Fsp3) is 0.625. The highest BCUT2D eigenvalue weighted by Crippen LogP contribution is 1.97. The molecule has 2 nitrogen and oxygen atoms in total. The average molecular weight is 141 g/mol. The standard InChI is InChI=1S/C8H15NO/c1-4-5-6-8(9-3)7(2)10/h4,8-9H,1,5-6H2,2-3H3. The van der Waals surface area contributed by atoms with Gasteiger partial charge in [-0.2, -0.15) is 0 Å². The van der Waals surface area contributed by atoms with Crippen molar-refractivity contribution in [3.63, 3.8) is 0 Å². The van der Waals surface area contributed by atoms with Crippen LogP contribution < -0.4 is 5.32 Å². The minimum absolute atomic E-state index is 0.0120. The van der Waals surface area contributed by atoms with Crippen molar-refractivity contribution < 1.29 is 4.79 Å². The van der Waals surface area contributed by atoms with Crippen LogP contribution in [0.15, 0.2) is 12.7 Å². The van der Waals surface area contributed by atoms with Crippen molar-refractivity contribution in [1.82, 2.24) is 5.32 Å². The topological polar surface area (TPSA) is 29.1 Å². The summed E-state index contributed by atoms with van der Waals surface area (Å²) < 4.78 is 0. The number of likely N-dealkylation sites (N-methyl/N-ethyl adjacent to an activating group) is 1. The van der Waals surface area contributed by atoms with Gasteiger partial charge < -0.3 is 5.32 Å². The third kappa shape index (κ3) is 3.41. The lowest BCUT2D eigenvalue weighted by Gasteiger charge is -2.09. The van der Waals surface area contributed by atoms with Gasteiger partial charge in [0.2, 0.25) is 0 Å². The van der Waals surface area contributed by atoms with E-state index in [4.69, 9.17) is 0 Å². The zero-order valence-corrected chi connectivity index (χ0v) is 6.68. The first-order valence-corrected chi connectivity index (χ1v) is 3.51. The molecule has 0 saturated carbocycles. The molecule has 0 bridgehead atoms. The van der Waals surface area contributed by atoms with Crippen LogP contribution in [0.2, 0.25) is 0 Å². The molecular weight excluding hydrogens is 126 g/mol. The van der Waals surface area contributed by atoms with Crippen molar-refractivity contribution >= 4 is 5.78 Å². The number of carbonyl (C=O) groups excluding carboxylic acids is 1. The smallest absolute Gasteiger partial charge is 0.146 e. The fourth-order valence-electron chi connectivity index (χ4n) is 0.835. The summed E-state index contributed by atoms with van der Waals surface area (Å²) in [6.07, 6.45) is 3.58. The number of allylic oxidation sites excluding steroid dienone is 1. The van der Waals surface area contributed by atoms with Crippen LogP contribution in [-0.4, -0.2) is 18.9 Å². The van der Waals surface area contributed by atoms with E-state index >= 15 is 0 Å². The fourth-order valence-corrected chi connectivity index (χ4v) is 0.835. The molecule has 2 heteroatoms. The molecule has 0 radical (unpaired) electrons. The van der Waals surface area contributed by atoms with Crippen molar-refractivity contribution in [3.05, 3.63) is 12.7 Å². The molecule has 0 aromatic carbocycles. The summed E-state index contributed by atoms with van der Waals surface area (Å²) in [5, 5.41) is 2.94. The molecule has 0 aliphatic rings. The maximum absolute atomic E-state index is 10.8. The van der Waals surface area contributed by atoms with Gasteiger partial charge in [0.1, 0.15) is 5.78 Å². The van der Waals surface area contributed by atoms with Gasteiger partial charge in [-0.15, -0.1) is 6.58 Å². The van der Waals surface area contributed by atoms with Crippen LogP contribution in [0.1, 0.15) is 19.8 Å². The van der Waals surface area contributed by atoms with Crippen LogP contribution in [0, 0.1) is 0 Å². The number of hydrogen-bond acceptors (Lipinski definition) is 2. The summed E-state index contributed by atoms with van der Waals surface area (Å²) >= 11 is 0. The molecule has 0 aromatic rings. The molecule has 0 fully saturated rings. The van der Waals surface area contributed by atoms with Crippen LogP contribution in [0.4, 0.5) is 0 Å². The second-order valence-electron chi connectivity index (χ2n) is 2.32. The van der Waals surface area contributed by atoms with E-state index in [2.05, 4.69) is 11.9 Å². The second-order valence-corrected chi connectivity index (χ2v) is 2.32. The molecule has 1 unspecified atom stereocenters. The summed E-state index contributed by atoms with van der Waals surface area (Å²) in [6.45, 7) is 5.19. The van der Waals surface area contributed by atoms with Gasteiger partial charge in [-0.25, -0.2) is 0 Å². The van der Waals surface area contributed by atoms with Crippen LogP contribution in [0.25, 0.3) is 0 Å². The van der Waals surface area contributed by atoms with E-state index in [1.54, 1.807) is 14.0 Å². The van der Waals surface area contributed by atoms with Crippen LogP contribution in [0.5, 0.6) is 0 Å². The van der Waals surface area contributed by atoms with Gasteiger partial charge in [0.05, 0.1) is 6.04 Å². The van der Waals surface area contributed by atoms with E-state index in [0.29, 0.717) is 0 Å². The van der Waals surface area contributed by atoms with E-state index in [-0.39, 0.29) is 11.8 Å². The summed E-state index contributed by atoms with van der Waals surface area (Å²) in [6, 6.07) is 0.0120. The van der Waals surface area contributed by atoms with E-state index < -0.39 is 0 Å². The Hall–Kier alpha value is -0.630. The molecule has 0 aliphatic heterocycles. The monoisotopic (exact) mass is 141 g/mol. The van der Waals surface area contributed by atoms with Gasteiger partial charge in [0, 0.05) is 0 Å². The van der Waals surface area contributed by atoms with Gasteiger partial charge >= 0.3 is 0 Å². The highest BCUT2D eigenvalue weighted by molar-refractivity contribution is 5.81. The van der Waals surface area contributed by atoms with E-state index in [1.165, 1.54) is 0 Å². The Balaban J connectivity index is 3.60. The number of nitrogens with one attached hydrogen (secondary N) is 1. The Morgan fingerprint density at radius 3 is 2.70 bits per heavy atom. The Labute approximate surface area is 62.3 Å². The lowest BCUT2D eigenvalue weighted by Crippen LogP contribution is -2.31. The molecule has 0 heterocycles. The largest absolute Gasteiger partial charge is 0.311 e. The predicted molar refractivity (Wildman–Crippen MR) is 43.0 cm³/mol. The Morgan fingerprint density at radius 2 is 2.40 bits per heavy atom. The first-order valence-electron chi connectivity index (χ1n) is 3.51. The number of Topliss-reactive ketones (excluding diaryl/α,β-unsaturated/α-hetero) is 1. The molecule has 0 rings (SSSR count). The quantitative estimate of drug-likeness (QED) is 0.581. The minimum Gasteiger partial charge on any atom is -0.311 e. The van der Waals surface area contributed by atoms with Crippen LogP contribution in [-0.2, 0) is 4.79 Å². The first-order chi connectivity index (χ1) is 4.72. The van der Waals surface area contributed by atoms with Crippen molar-refractivity contribution in [1.29, 1.82) is 0 Å².